The molecule has 1 N–H and O–H groups in total. The van der Waals surface area contributed by atoms with Crippen LogP contribution >= 0.6 is 15.9 Å². The van der Waals surface area contributed by atoms with E-state index in [0.717, 1.165) is 33.6 Å². The number of rotatable bonds is 5. The fourth-order valence-electron chi connectivity index (χ4n) is 1.81. The number of hydrogen-bond acceptors (Lipinski definition) is 3. The minimum atomic E-state index is 0.428. The Bertz CT molecular complexity index is 584. The quantitative estimate of drug-likeness (QED) is 0.877. The molecule has 2 aromatic rings. The first-order chi connectivity index (χ1) is 9.56. The molecule has 0 saturated carbocycles. The van der Waals surface area contributed by atoms with Crippen molar-refractivity contribution in [2.24, 2.45) is 0 Å². The lowest BCUT2D eigenvalue weighted by Crippen LogP contribution is -2.22. The summed E-state index contributed by atoms with van der Waals surface area (Å²) in [6.07, 6.45) is 3.60. The number of aromatic nitrogens is 1. The summed E-state index contributed by atoms with van der Waals surface area (Å²) >= 11 is 3.46. The van der Waals surface area contributed by atoms with Gasteiger partial charge in [-0.05, 0) is 36.8 Å². The SMILES string of the molecule is Cc1cc(Br)ccc1Oc1ccncc1CNC(C)C. The van der Waals surface area contributed by atoms with Crippen molar-refractivity contribution in [1.29, 1.82) is 0 Å². The zero-order valence-electron chi connectivity index (χ0n) is 12.0. The molecule has 20 heavy (non-hydrogen) atoms. The summed E-state index contributed by atoms with van der Waals surface area (Å²) in [6, 6.07) is 8.33. The van der Waals surface area contributed by atoms with Crippen LogP contribution in [-0.2, 0) is 6.54 Å². The highest BCUT2D eigenvalue weighted by molar-refractivity contribution is 9.10. The van der Waals surface area contributed by atoms with Crippen molar-refractivity contribution in [1.82, 2.24) is 10.3 Å². The predicted molar refractivity (Wildman–Crippen MR) is 85.2 cm³/mol. The van der Waals surface area contributed by atoms with Crippen molar-refractivity contribution < 1.29 is 4.74 Å². The van der Waals surface area contributed by atoms with Crippen molar-refractivity contribution in [2.75, 3.05) is 0 Å². The normalized spacial score (nSPS) is 10.8. The van der Waals surface area contributed by atoms with E-state index in [-0.39, 0.29) is 0 Å². The van der Waals surface area contributed by atoms with Gasteiger partial charge >= 0.3 is 0 Å². The number of aryl methyl sites for hydroxylation is 1. The maximum Gasteiger partial charge on any atom is 0.135 e. The van der Waals surface area contributed by atoms with Gasteiger partial charge in [-0.25, -0.2) is 0 Å². The smallest absolute Gasteiger partial charge is 0.135 e. The first kappa shape index (κ1) is 15.0. The van der Waals surface area contributed by atoms with Crippen LogP contribution in [0.2, 0.25) is 0 Å². The Labute approximate surface area is 128 Å². The number of nitrogens with zero attached hydrogens (tertiary/aromatic N) is 1. The molecule has 0 fully saturated rings. The first-order valence-electron chi connectivity index (χ1n) is 6.66. The highest BCUT2D eigenvalue weighted by Crippen LogP contribution is 2.29. The van der Waals surface area contributed by atoms with E-state index in [1.165, 1.54) is 0 Å². The topological polar surface area (TPSA) is 34.1 Å². The van der Waals surface area contributed by atoms with Gasteiger partial charge in [0.05, 0.1) is 0 Å². The average Bonchev–Trinajstić information content (AvgIpc) is 2.41. The number of nitrogens with one attached hydrogen (secondary N) is 1. The van der Waals surface area contributed by atoms with Gasteiger partial charge in [0.25, 0.3) is 0 Å². The molecule has 4 heteroatoms. The van der Waals surface area contributed by atoms with Gasteiger partial charge in [0.2, 0.25) is 0 Å². The van der Waals surface area contributed by atoms with E-state index >= 15 is 0 Å². The molecule has 0 radical (unpaired) electrons. The van der Waals surface area contributed by atoms with Crippen molar-refractivity contribution in [3.05, 3.63) is 52.3 Å². The van der Waals surface area contributed by atoms with E-state index in [2.05, 4.69) is 40.1 Å². The van der Waals surface area contributed by atoms with E-state index < -0.39 is 0 Å². The molecule has 1 heterocycles. The van der Waals surface area contributed by atoms with Crippen LogP contribution in [0.4, 0.5) is 0 Å². The molecule has 0 aliphatic heterocycles. The Hall–Kier alpha value is -1.39. The van der Waals surface area contributed by atoms with Gasteiger partial charge in [-0.1, -0.05) is 29.8 Å². The summed E-state index contributed by atoms with van der Waals surface area (Å²) in [5.74, 6) is 1.71. The number of benzene rings is 1. The van der Waals surface area contributed by atoms with Crippen molar-refractivity contribution in [2.45, 2.75) is 33.4 Å². The molecule has 0 aliphatic rings. The maximum atomic E-state index is 6.03. The van der Waals surface area contributed by atoms with Gasteiger partial charge < -0.3 is 10.1 Å². The molecule has 1 aromatic carbocycles. The van der Waals surface area contributed by atoms with Crippen LogP contribution in [0.15, 0.2) is 41.1 Å². The summed E-state index contributed by atoms with van der Waals surface area (Å²) in [4.78, 5) is 4.17. The standard InChI is InChI=1S/C16H19BrN2O/c1-11(2)19-10-13-9-18-7-6-16(13)20-15-5-4-14(17)8-12(15)3/h4-9,11,19H,10H2,1-3H3. The fraction of sp³-hybridized carbons (Fsp3) is 0.312. The van der Waals surface area contributed by atoms with E-state index in [0.29, 0.717) is 6.04 Å². The van der Waals surface area contributed by atoms with Gasteiger partial charge in [-0.3, -0.25) is 4.98 Å². The molecule has 1 aromatic heterocycles. The number of hydrogen-bond donors (Lipinski definition) is 1. The summed E-state index contributed by atoms with van der Waals surface area (Å²) < 4.78 is 7.08. The third kappa shape index (κ3) is 4.05. The molecule has 2 rings (SSSR count). The summed E-state index contributed by atoms with van der Waals surface area (Å²) in [7, 11) is 0. The Kier molecular flexibility index (Phi) is 5.15. The van der Waals surface area contributed by atoms with Crippen LogP contribution in [0.1, 0.15) is 25.0 Å². The second-order valence-electron chi connectivity index (χ2n) is 5.03. The second-order valence-corrected chi connectivity index (χ2v) is 5.95. The average molecular weight is 335 g/mol. The van der Waals surface area contributed by atoms with Crippen LogP contribution < -0.4 is 10.1 Å². The zero-order valence-corrected chi connectivity index (χ0v) is 13.6. The van der Waals surface area contributed by atoms with Crippen LogP contribution in [-0.4, -0.2) is 11.0 Å². The van der Waals surface area contributed by atoms with Gasteiger partial charge in [0.1, 0.15) is 11.5 Å². The fourth-order valence-corrected chi connectivity index (χ4v) is 2.28. The molecule has 0 bridgehead atoms. The molecule has 0 spiro atoms. The van der Waals surface area contributed by atoms with E-state index in [4.69, 9.17) is 4.74 Å². The lowest BCUT2D eigenvalue weighted by molar-refractivity contribution is 0.465. The maximum absolute atomic E-state index is 6.03. The summed E-state index contributed by atoms with van der Waals surface area (Å²) in [5.41, 5.74) is 2.16. The van der Waals surface area contributed by atoms with Crippen molar-refractivity contribution in [3.63, 3.8) is 0 Å². The predicted octanol–water partition coefficient (Wildman–Crippen LogP) is 4.44. The lowest BCUT2D eigenvalue weighted by Gasteiger charge is -2.14. The van der Waals surface area contributed by atoms with Crippen LogP contribution in [0.3, 0.4) is 0 Å². The third-order valence-corrected chi connectivity index (χ3v) is 3.41. The minimum absolute atomic E-state index is 0.428. The Balaban J connectivity index is 2.20. The molecule has 0 amide bonds. The lowest BCUT2D eigenvalue weighted by atomic mass is 10.2. The van der Waals surface area contributed by atoms with Gasteiger partial charge in [-0.15, -0.1) is 0 Å². The van der Waals surface area contributed by atoms with Gasteiger partial charge in [0, 0.05) is 35.0 Å². The number of halogens is 1. The largest absolute Gasteiger partial charge is 0.457 e. The van der Waals surface area contributed by atoms with Crippen LogP contribution in [0, 0.1) is 6.92 Å². The van der Waals surface area contributed by atoms with Crippen molar-refractivity contribution in [3.8, 4) is 11.5 Å². The molecule has 3 nitrogen and oxygen atoms in total. The molecular formula is C16H19BrN2O. The highest BCUT2D eigenvalue weighted by Gasteiger charge is 2.07. The van der Waals surface area contributed by atoms with E-state index in [9.17, 15) is 0 Å². The first-order valence-corrected chi connectivity index (χ1v) is 7.46. The van der Waals surface area contributed by atoms with Crippen LogP contribution in [0.25, 0.3) is 0 Å². The van der Waals surface area contributed by atoms with Crippen LogP contribution in [0.5, 0.6) is 11.5 Å². The molecule has 0 atom stereocenters. The monoisotopic (exact) mass is 334 g/mol. The van der Waals surface area contributed by atoms with E-state index in [1.807, 2.05) is 37.4 Å². The second kappa shape index (κ2) is 6.86. The minimum Gasteiger partial charge on any atom is -0.457 e. The molecule has 0 saturated heterocycles. The zero-order chi connectivity index (χ0) is 14.5. The van der Waals surface area contributed by atoms with E-state index in [1.54, 1.807) is 6.20 Å². The molecule has 0 unspecified atom stereocenters. The summed E-state index contributed by atoms with van der Waals surface area (Å²) in [5, 5.41) is 3.38. The Morgan fingerprint density at radius 1 is 1.25 bits per heavy atom. The molecule has 0 aliphatic carbocycles. The Morgan fingerprint density at radius 3 is 2.75 bits per heavy atom. The molecular weight excluding hydrogens is 316 g/mol. The van der Waals surface area contributed by atoms with Crippen molar-refractivity contribution >= 4 is 15.9 Å². The highest BCUT2D eigenvalue weighted by atomic mass is 79.9. The van der Waals surface area contributed by atoms with Gasteiger partial charge in [-0.2, -0.15) is 0 Å². The third-order valence-electron chi connectivity index (χ3n) is 2.92. The van der Waals surface area contributed by atoms with Gasteiger partial charge in [0.15, 0.2) is 0 Å². The summed E-state index contributed by atoms with van der Waals surface area (Å²) in [6.45, 7) is 7.02. The molecule has 106 valence electrons. The number of pyridine rings is 1. The number of ether oxygens (including phenoxy) is 1. The Morgan fingerprint density at radius 2 is 2.05 bits per heavy atom.